The molecular formula is C19H22F2N3OS+. The summed E-state index contributed by atoms with van der Waals surface area (Å²) in [5, 5.41) is 6.96. The number of quaternary nitrogens is 1. The number of rotatable bonds is 6. The highest BCUT2D eigenvalue weighted by Gasteiger charge is 2.26. The van der Waals surface area contributed by atoms with Crippen molar-refractivity contribution >= 4 is 23.0 Å². The SMILES string of the molecule is FC(F)Oc1ccc(NC(=S)N[C@H]2CC[NH+](Cc3ccccc3)C2)cc1. The van der Waals surface area contributed by atoms with Gasteiger partial charge in [0, 0.05) is 17.7 Å². The third-order valence-corrected chi connectivity index (χ3v) is 4.57. The summed E-state index contributed by atoms with van der Waals surface area (Å²) in [6.07, 6.45) is 1.06. The molecule has 1 heterocycles. The van der Waals surface area contributed by atoms with Crippen molar-refractivity contribution in [3.05, 3.63) is 60.2 Å². The van der Waals surface area contributed by atoms with Gasteiger partial charge in [0.15, 0.2) is 5.11 Å². The van der Waals surface area contributed by atoms with E-state index in [4.69, 9.17) is 12.2 Å². The summed E-state index contributed by atoms with van der Waals surface area (Å²) in [5.74, 6) is 0.125. The van der Waals surface area contributed by atoms with Crippen LogP contribution in [0.15, 0.2) is 54.6 Å². The van der Waals surface area contributed by atoms with Crippen LogP contribution in [-0.2, 0) is 6.54 Å². The first kappa shape index (κ1) is 18.5. The van der Waals surface area contributed by atoms with Crippen LogP contribution < -0.4 is 20.3 Å². The lowest BCUT2D eigenvalue weighted by atomic mass is 10.2. The summed E-state index contributed by atoms with van der Waals surface area (Å²) in [4.78, 5) is 1.53. The van der Waals surface area contributed by atoms with Crippen LogP contribution in [0.4, 0.5) is 14.5 Å². The van der Waals surface area contributed by atoms with Crippen LogP contribution in [0.1, 0.15) is 12.0 Å². The zero-order chi connectivity index (χ0) is 18.4. The van der Waals surface area contributed by atoms with Crippen molar-refractivity contribution in [3.63, 3.8) is 0 Å². The van der Waals surface area contributed by atoms with Gasteiger partial charge in [-0.2, -0.15) is 8.78 Å². The Hall–Kier alpha value is -2.25. The molecule has 0 radical (unpaired) electrons. The van der Waals surface area contributed by atoms with E-state index in [1.165, 1.54) is 22.6 Å². The van der Waals surface area contributed by atoms with E-state index < -0.39 is 6.61 Å². The highest BCUT2D eigenvalue weighted by atomic mass is 32.1. The highest BCUT2D eigenvalue weighted by molar-refractivity contribution is 7.80. The fraction of sp³-hybridized carbons (Fsp3) is 0.316. The Labute approximate surface area is 157 Å². The zero-order valence-corrected chi connectivity index (χ0v) is 15.1. The normalized spacial score (nSPS) is 19.3. The molecule has 7 heteroatoms. The molecule has 1 aliphatic rings. The van der Waals surface area contributed by atoms with Gasteiger partial charge in [0.05, 0.1) is 19.1 Å². The molecule has 1 unspecified atom stereocenters. The molecule has 0 spiro atoms. The molecule has 2 aromatic carbocycles. The number of hydrogen-bond donors (Lipinski definition) is 3. The molecule has 138 valence electrons. The van der Waals surface area contributed by atoms with Gasteiger partial charge < -0.3 is 20.3 Å². The average Bonchev–Trinajstić information content (AvgIpc) is 3.04. The Morgan fingerprint density at radius 2 is 1.88 bits per heavy atom. The summed E-state index contributed by atoms with van der Waals surface area (Å²) >= 11 is 5.36. The second-order valence-corrected chi connectivity index (χ2v) is 6.76. The van der Waals surface area contributed by atoms with Gasteiger partial charge >= 0.3 is 6.61 Å². The van der Waals surface area contributed by atoms with Gasteiger partial charge in [0.1, 0.15) is 12.3 Å². The molecule has 2 atom stereocenters. The quantitative estimate of drug-likeness (QED) is 0.675. The van der Waals surface area contributed by atoms with E-state index in [0.29, 0.717) is 11.2 Å². The molecule has 0 bridgehead atoms. The largest absolute Gasteiger partial charge is 0.435 e. The molecule has 2 aromatic rings. The lowest BCUT2D eigenvalue weighted by Crippen LogP contribution is -3.09. The molecule has 0 amide bonds. The molecule has 1 aliphatic heterocycles. The van der Waals surface area contributed by atoms with Crippen LogP contribution in [0, 0.1) is 0 Å². The van der Waals surface area contributed by atoms with Crippen molar-refractivity contribution < 1.29 is 18.4 Å². The minimum atomic E-state index is -2.82. The van der Waals surface area contributed by atoms with E-state index in [9.17, 15) is 8.78 Å². The second-order valence-electron chi connectivity index (χ2n) is 6.35. The highest BCUT2D eigenvalue weighted by Crippen LogP contribution is 2.17. The van der Waals surface area contributed by atoms with Gasteiger partial charge in [0.2, 0.25) is 0 Å². The van der Waals surface area contributed by atoms with E-state index in [2.05, 4.69) is 39.6 Å². The lowest BCUT2D eigenvalue weighted by molar-refractivity contribution is -0.901. The zero-order valence-electron chi connectivity index (χ0n) is 14.3. The van der Waals surface area contributed by atoms with E-state index in [1.54, 1.807) is 12.1 Å². The first-order valence-electron chi connectivity index (χ1n) is 8.58. The Morgan fingerprint density at radius 1 is 1.15 bits per heavy atom. The van der Waals surface area contributed by atoms with E-state index in [0.717, 1.165) is 31.7 Å². The van der Waals surface area contributed by atoms with Crippen molar-refractivity contribution in [2.24, 2.45) is 0 Å². The van der Waals surface area contributed by atoms with Crippen LogP contribution in [-0.4, -0.2) is 30.9 Å². The molecule has 0 aromatic heterocycles. The summed E-state index contributed by atoms with van der Waals surface area (Å²) in [6, 6.07) is 17.1. The predicted octanol–water partition coefficient (Wildman–Crippen LogP) is 2.43. The maximum Gasteiger partial charge on any atom is 0.387 e. The van der Waals surface area contributed by atoms with Crippen molar-refractivity contribution in [1.82, 2.24) is 5.32 Å². The molecule has 1 fully saturated rings. The number of hydrogen-bond acceptors (Lipinski definition) is 2. The minimum Gasteiger partial charge on any atom is -0.435 e. The Balaban J connectivity index is 1.44. The maximum atomic E-state index is 12.2. The molecule has 4 nitrogen and oxygen atoms in total. The summed E-state index contributed by atoms with van der Waals surface area (Å²) in [6.45, 7) is 0.317. The fourth-order valence-electron chi connectivity index (χ4n) is 3.17. The summed E-state index contributed by atoms with van der Waals surface area (Å²) < 4.78 is 28.6. The van der Waals surface area contributed by atoms with Crippen molar-refractivity contribution in [3.8, 4) is 5.75 Å². The molecule has 3 N–H and O–H groups in total. The molecule has 1 saturated heterocycles. The number of anilines is 1. The lowest BCUT2D eigenvalue weighted by Gasteiger charge is -2.16. The monoisotopic (exact) mass is 378 g/mol. The third kappa shape index (κ3) is 5.64. The number of thiocarbonyl (C=S) groups is 1. The third-order valence-electron chi connectivity index (χ3n) is 4.35. The molecule has 0 saturated carbocycles. The molecular weight excluding hydrogens is 356 g/mol. The van der Waals surface area contributed by atoms with Gasteiger partial charge in [-0.15, -0.1) is 0 Å². The van der Waals surface area contributed by atoms with Gasteiger partial charge in [-0.25, -0.2) is 0 Å². The van der Waals surface area contributed by atoms with Crippen molar-refractivity contribution in [2.45, 2.75) is 25.6 Å². The second kappa shape index (κ2) is 8.91. The number of alkyl halides is 2. The Morgan fingerprint density at radius 3 is 2.58 bits per heavy atom. The average molecular weight is 378 g/mol. The van der Waals surface area contributed by atoms with Crippen LogP contribution >= 0.6 is 12.2 Å². The van der Waals surface area contributed by atoms with E-state index in [1.807, 2.05) is 6.07 Å². The summed E-state index contributed by atoms with van der Waals surface area (Å²) in [5.41, 5.74) is 2.07. The van der Waals surface area contributed by atoms with Gasteiger partial charge in [0.25, 0.3) is 0 Å². The molecule has 26 heavy (non-hydrogen) atoms. The van der Waals surface area contributed by atoms with E-state index in [-0.39, 0.29) is 5.75 Å². The van der Waals surface area contributed by atoms with Crippen LogP contribution in [0.5, 0.6) is 5.75 Å². The summed E-state index contributed by atoms with van der Waals surface area (Å²) in [7, 11) is 0. The van der Waals surface area contributed by atoms with Crippen molar-refractivity contribution in [1.29, 1.82) is 0 Å². The van der Waals surface area contributed by atoms with Gasteiger partial charge in [-0.05, 0) is 36.5 Å². The molecule has 3 rings (SSSR count). The maximum absolute atomic E-state index is 12.2. The number of nitrogens with one attached hydrogen (secondary N) is 3. The van der Waals surface area contributed by atoms with E-state index >= 15 is 0 Å². The Bertz CT molecular complexity index is 712. The minimum absolute atomic E-state index is 0.125. The molecule has 0 aliphatic carbocycles. The van der Waals surface area contributed by atoms with Gasteiger partial charge in [-0.1, -0.05) is 30.3 Å². The number of ether oxygens (including phenoxy) is 1. The topological polar surface area (TPSA) is 37.7 Å². The first-order valence-corrected chi connectivity index (χ1v) is 8.99. The predicted molar refractivity (Wildman–Crippen MR) is 102 cm³/mol. The first-order chi connectivity index (χ1) is 12.6. The number of halogens is 2. The van der Waals surface area contributed by atoms with Crippen LogP contribution in [0.2, 0.25) is 0 Å². The van der Waals surface area contributed by atoms with Gasteiger partial charge in [-0.3, -0.25) is 0 Å². The van der Waals surface area contributed by atoms with Crippen LogP contribution in [0.3, 0.4) is 0 Å². The number of likely N-dealkylation sites (tertiary alicyclic amines) is 1. The van der Waals surface area contributed by atoms with Crippen LogP contribution in [0.25, 0.3) is 0 Å². The van der Waals surface area contributed by atoms with Crippen molar-refractivity contribution in [2.75, 3.05) is 18.4 Å². The smallest absolute Gasteiger partial charge is 0.387 e. The number of benzene rings is 2. The standard InChI is InChI=1S/C19H21F2N3OS/c20-18(21)25-17-8-6-15(7-9-17)22-19(26)23-16-10-11-24(13-16)12-14-4-2-1-3-5-14/h1-9,16,18H,10-13H2,(H2,22,23,26)/p+1/t16-/m0/s1. The Kier molecular flexibility index (Phi) is 6.35. The fourth-order valence-corrected chi connectivity index (χ4v) is 3.46.